The second kappa shape index (κ2) is 5.93. The minimum Gasteiger partial charge on any atom is -0.481 e. The number of hydrogen-bond donors (Lipinski definition) is 1. The highest BCUT2D eigenvalue weighted by Gasteiger charge is 2.41. The summed E-state index contributed by atoms with van der Waals surface area (Å²) in [5, 5.41) is 9.17. The summed E-state index contributed by atoms with van der Waals surface area (Å²) in [7, 11) is 0. The highest BCUT2D eigenvalue weighted by Crippen LogP contribution is 2.32. The Morgan fingerprint density at radius 2 is 1.95 bits per heavy atom. The normalized spacial score (nSPS) is 28.6. The molecule has 2 fully saturated rings. The number of hydrogen-bond acceptors (Lipinski definition) is 2. The molecule has 1 heterocycles. The molecule has 19 heavy (non-hydrogen) atoms. The molecule has 0 aromatic heterocycles. The van der Waals surface area contributed by atoms with E-state index in [4.69, 9.17) is 5.11 Å². The van der Waals surface area contributed by atoms with Gasteiger partial charge in [-0.3, -0.25) is 9.59 Å². The summed E-state index contributed by atoms with van der Waals surface area (Å²) in [6, 6.07) is 0. The van der Waals surface area contributed by atoms with Crippen molar-refractivity contribution in [2.24, 2.45) is 11.3 Å². The third-order valence-corrected chi connectivity index (χ3v) is 4.83. The van der Waals surface area contributed by atoms with Gasteiger partial charge in [0.2, 0.25) is 5.91 Å². The van der Waals surface area contributed by atoms with Crippen LogP contribution < -0.4 is 0 Å². The van der Waals surface area contributed by atoms with Crippen molar-refractivity contribution in [3.05, 3.63) is 0 Å². The maximum Gasteiger partial charge on any atom is 0.311 e. The van der Waals surface area contributed by atoms with Crippen LogP contribution in [0.1, 0.15) is 58.3 Å². The zero-order chi connectivity index (χ0) is 13.9. The molecule has 1 aliphatic carbocycles. The van der Waals surface area contributed by atoms with E-state index in [0.29, 0.717) is 31.8 Å². The van der Waals surface area contributed by atoms with E-state index in [0.717, 1.165) is 6.42 Å². The van der Waals surface area contributed by atoms with Crippen molar-refractivity contribution < 1.29 is 14.7 Å². The third-order valence-electron chi connectivity index (χ3n) is 4.83. The topological polar surface area (TPSA) is 57.6 Å². The first-order valence-electron chi connectivity index (χ1n) is 7.52. The van der Waals surface area contributed by atoms with Crippen LogP contribution in [-0.4, -0.2) is 35.0 Å². The molecular formula is C15H25NO3. The molecule has 2 rings (SSSR count). The van der Waals surface area contributed by atoms with Gasteiger partial charge in [0.15, 0.2) is 0 Å². The van der Waals surface area contributed by atoms with Crippen LogP contribution in [0.5, 0.6) is 0 Å². The Balaban J connectivity index is 1.76. The molecule has 1 unspecified atom stereocenters. The van der Waals surface area contributed by atoms with Gasteiger partial charge in [-0.2, -0.15) is 0 Å². The van der Waals surface area contributed by atoms with E-state index in [2.05, 4.69) is 0 Å². The minimum absolute atomic E-state index is 0.149. The Morgan fingerprint density at radius 1 is 1.26 bits per heavy atom. The molecule has 0 aromatic rings. The fraction of sp³-hybridized carbons (Fsp3) is 0.867. The lowest BCUT2D eigenvalue weighted by Crippen LogP contribution is -2.35. The Hall–Kier alpha value is -1.06. The van der Waals surface area contributed by atoms with Crippen LogP contribution in [0.15, 0.2) is 0 Å². The molecule has 1 aliphatic heterocycles. The first kappa shape index (κ1) is 14.4. The van der Waals surface area contributed by atoms with Crippen LogP contribution >= 0.6 is 0 Å². The number of nitrogens with zero attached hydrogens (tertiary/aromatic N) is 1. The summed E-state index contributed by atoms with van der Waals surface area (Å²) in [6.07, 6.45) is 8.64. The van der Waals surface area contributed by atoms with Crippen molar-refractivity contribution in [1.82, 2.24) is 4.90 Å². The van der Waals surface area contributed by atoms with Gasteiger partial charge in [-0.05, 0) is 25.7 Å². The zero-order valence-electron chi connectivity index (χ0n) is 11.9. The number of carbonyl (C=O) groups is 2. The standard InChI is InChI=1S/C15H25NO3/c1-15(14(18)19)9-10-16(11-15)13(17)8-7-12-5-3-2-4-6-12/h12H,2-11H2,1H3,(H,18,19). The van der Waals surface area contributed by atoms with Gasteiger partial charge in [0.05, 0.1) is 5.41 Å². The molecule has 0 bridgehead atoms. The molecular weight excluding hydrogens is 242 g/mol. The van der Waals surface area contributed by atoms with Crippen molar-refractivity contribution in [2.45, 2.75) is 58.3 Å². The third kappa shape index (κ3) is 3.48. The molecule has 4 heteroatoms. The van der Waals surface area contributed by atoms with E-state index in [-0.39, 0.29) is 5.91 Å². The maximum absolute atomic E-state index is 12.1. The summed E-state index contributed by atoms with van der Waals surface area (Å²) in [5.41, 5.74) is -0.736. The summed E-state index contributed by atoms with van der Waals surface area (Å²) < 4.78 is 0. The van der Waals surface area contributed by atoms with Crippen LogP contribution in [0.2, 0.25) is 0 Å². The second-order valence-corrected chi connectivity index (χ2v) is 6.47. The van der Waals surface area contributed by atoms with Crippen LogP contribution in [0.25, 0.3) is 0 Å². The molecule has 1 saturated carbocycles. The number of aliphatic carboxylic acids is 1. The lowest BCUT2D eigenvalue weighted by atomic mass is 9.86. The van der Waals surface area contributed by atoms with Gasteiger partial charge in [0.25, 0.3) is 0 Å². The zero-order valence-corrected chi connectivity index (χ0v) is 11.9. The Morgan fingerprint density at radius 3 is 2.53 bits per heavy atom. The number of amides is 1. The number of rotatable bonds is 4. The lowest BCUT2D eigenvalue weighted by molar-refractivity contribution is -0.147. The largest absolute Gasteiger partial charge is 0.481 e. The predicted molar refractivity (Wildman–Crippen MR) is 72.7 cm³/mol. The van der Waals surface area contributed by atoms with E-state index in [1.807, 2.05) is 0 Å². The average molecular weight is 267 g/mol. The molecule has 1 N–H and O–H groups in total. The number of carbonyl (C=O) groups excluding carboxylic acids is 1. The minimum atomic E-state index is -0.782. The fourth-order valence-electron chi connectivity index (χ4n) is 3.31. The van der Waals surface area contributed by atoms with Gasteiger partial charge in [-0.1, -0.05) is 32.1 Å². The van der Waals surface area contributed by atoms with Gasteiger partial charge in [0, 0.05) is 19.5 Å². The summed E-state index contributed by atoms with van der Waals surface area (Å²) in [6.45, 7) is 2.72. The summed E-state index contributed by atoms with van der Waals surface area (Å²) in [5.74, 6) is 0.0804. The smallest absolute Gasteiger partial charge is 0.311 e. The van der Waals surface area contributed by atoms with Crippen LogP contribution in [-0.2, 0) is 9.59 Å². The predicted octanol–water partition coefficient (Wildman–Crippen LogP) is 2.67. The Labute approximate surface area is 115 Å². The van der Waals surface area contributed by atoms with Gasteiger partial charge < -0.3 is 10.0 Å². The van der Waals surface area contributed by atoms with Crippen LogP contribution in [0.4, 0.5) is 0 Å². The number of carboxylic acid groups (broad SMARTS) is 1. The monoisotopic (exact) mass is 267 g/mol. The van der Waals surface area contributed by atoms with Gasteiger partial charge in [-0.25, -0.2) is 0 Å². The first-order valence-corrected chi connectivity index (χ1v) is 7.52. The van der Waals surface area contributed by atoms with Crippen molar-refractivity contribution in [3.63, 3.8) is 0 Å². The van der Waals surface area contributed by atoms with E-state index < -0.39 is 11.4 Å². The highest BCUT2D eigenvalue weighted by molar-refractivity contribution is 5.80. The first-order chi connectivity index (χ1) is 9.01. The number of carboxylic acids is 1. The summed E-state index contributed by atoms with van der Waals surface area (Å²) in [4.78, 5) is 25.0. The van der Waals surface area contributed by atoms with Crippen molar-refractivity contribution in [2.75, 3.05) is 13.1 Å². The van der Waals surface area contributed by atoms with Crippen molar-refractivity contribution in [3.8, 4) is 0 Å². The molecule has 0 radical (unpaired) electrons. The van der Waals surface area contributed by atoms with E-state index in [1.165, 1.54) is 32.1 Å². The molecule has 0 aromatic carbocycles. The van der Waals surface area contributed by atoms with Gasteiger partial charge >= 0.3 is 5.97 Å². The van der Waals surface area contributed by atoms with Crippen LogP contribution in [0, 0.1) is 11.3 Å². The maximum atomic E-state index is 12.1. The number of likely N-dealkylation sites (tertiary alicyclic amines) is 1. The summed E-state index contributed by atoms with van der Waals surface area (Å²) >= 11 is 0. The average Bonchev–Trinajstić information content (AvgIpc) is 2.81. The SMILES string of the molecule is CC1(C(=O)O)CCN(C(=O)CCC2CCCCC2)C1. The van der Waals surface area contributed by atoms with Gasteiger partial charge in [0.1, 0.15) is 0 Å². The van der Waals surface area contributed by atoms with E-state index >= 15 is 0 Å². The molecule has 2 aliphatic rings. The molecule has 1 amide bonds. The fourth-order valence-corrected chi connectivity index (χ4v) is 3.31. The Kier molecular flexibility index (Phi) is 4.48. The van der Waals surface area contributed by atoms with E-state index in [9.17, 15) is 9.59 Å². The molecule has 1 saturated heterocycles. The van der Waals surface area contributed by atoms with E-state index in [1.54, 1.807) is 11.8 Å². The molecule has 4 nitrogen and oxygen atoms in total. The molecule has 1 atom stereocenters. The quantitative estimate of drug-likeness (QED) is 0.852. The van der Waals surface area contributed by atoms with Crippen molar-refractivity contribution >= 4 is 11.9 Å². The van der Waals surface area contributed by atoms with Crippen molar-refractivity contribution in [1.29, 1.82) is 0 Å². The van der Waals surface area contributed by atoms with Crippen LogP contribution in [0.3, 0.4) is 0 Å². The van der Waals surface area contributed by atoms with Gasteiger partial charge in [-0.15, -0.1) is 0 Å². The lowest BCUT2D eigenvalue weighted by Gasteiger charge is -2.23. The molecule has 0 spiro atoms. The second-order valence-electron chi connectivity index (χ2n) is 6.47. The highest BCUT2D eigenvalue weighted by atomic mass is 16.4. The molecule has 108 valence electrons. The Bertz CT molecular complexity index is 349.